The molecule has 0 radical (unpaired) electrons. The summed E-state index contributed by atoms with van der Waals surface area (Å²) in [7, 11) is -3.79. The fourth-order valence-corrected chi connectivity index (χ4v) is 3.92. The second-order valence-electron chi connectivity index (χ2n) is 5.35. The standard InChI is InChI=1S/C17H18Cl2N2O3S/c1-3-21(25(23,24)14-9-7-13(18)8-10-14)11-17(22)20-16-6-4-5-15(19)12(16)2/h4-10H,3,11H2,1-2H3,(H,20,22). The van der Waals surface area contributed by atoms with Gasteiger partial charge in [-0.3, -0.25) is 4.79 Å². The van der Waals surface area contributed by atoms with Gasteiger partial charge in [-0.25, -0.2) is 8.42 Å². The lowest BCUT2D eigenvalue weighted by atomic mass is 10.2. The number of hydrogen-bond donors (Lipinski definition) is 1. The summed E-state index contributed by atoms with van der Waals surface area (Å²) < 4.78 is 26.4. The van der Waals surface area contributed by atoms with Crippen LogP contribution in [0.25, 0.3) is 0 Å². The number of nitrogens with one attached hydrogen (secondary N) is 1. The molecule has 0 aliphatic rings. The fraction of sp³-hybridized carbons (Fsp3) is 0.235. The molecule has 0 heterocycles. The molecular weight excluding hydrogens is 383 g/mol. The molecule has 0 fully saturated rings. The Balaban J connectivity index is 2.17. The number of anilines is 1. The molecule has 0 atom stereocenters. The van der Waals surface area contributed by atoms with Gasteiger partial charge in [0.25, 0.3) is 0 Å². The molecule has 134 valence electrons. The molecule has 5 nitrogen and oxygen atoms in total. The number of carbonyl (C=O) groups is 1. The zero-order valence-corrected chi connectivity index (χ0v) is 16.1. The minimum Gasteiger partial charge on any atom is -0.325 e. The van der Waals surface area contributed by atoms with Crippen molar-refractivity contribution in [1.29, 1.82) is 0 Å². The minimum atomic E-state index is -3.79. The molecule has 0 saturated carbocycles. The number of likely N-dealkylation sites (N-methyl/N-ethyl adjacent to an activating group) is 1. The van der Waals surface area contributed by atoms with Crippen LogP contribution >= 0.6 is 23.2 Å². The van der Waals surface area contributed by atoms with Crippen molar-refractivity contribution < 1.29 is 13.2 Å². The highest BCUT2D eigenvalue weighted by Gasteiger charge is 2.25. The smallest absolute Gasteiger partial charge is 0.243 e. The van der Waals surface area contributed by atoms with Crippen LogP contribution in [-0.2, 0) is 14.8 Å². The van der Waals surface area contributed by atoms with Gasteiger partial charge >= 0.3 is 0 Å². The Labute approximate surface area is 157 Å². The molecule has 0 spiro atoms. The van der Waals surface area contributed by atoms with Gasteiger partial charge in [-0.1, -0.05) is 36.2 Å². The fourth-order valence-electron chi connectivity index (χ4n) is 2.22. The number of amides is 1. The van der Waals surface area contributed by atoms with Crippen LogP contribution in [0.1, 0.15) is 12.5 Å². The molecule has 0 saturated heterocycles. The SMILES string of the molecule is CCN(CC(=O)Nc1cccc(Cl)c1C)S(=O)(=O)c1ccc(Cl)cc1. The number of benzene rings is 2. The van der Waals surface area contributed by atoms with Crippen molar-refractivity contribution >= 4 is 44.8 Å². The lowest BCUT2D eigenvalue weighted by Crippen LogP contribution is -2.37. The number of carbonyl (C=O) groups excluding carboxylic acids is 1. The first-order valence-electron chi connectivity index (χ1n) is 7.56. The molecule has 25 heavy (non-hydrogen) atoms. The zero-order valence-electron chi connectivity index (χ0n) is 13.8. The zero-order chi connectivity index (χ0) is 18.6. The molecule has 0 aliphatic heterocycles. The van der Waals surface area contributed by atoms with Gasteiger partial charge in [0.1, 0.15) is 0 Å². The molecule has 8 heteroatoms. The van der Waals surface area contributed by atoms with E-state index < -0.39 is 15.9 Å². The van der Waals surface area contributed by atoms with Crippen LogP contribution in [0.3, 0.4) is 0 Å². The summed E-state index contributed by atoms with van der Waals surface area (Å²) in [6, 6.07) is 11.0. The van der Waals surface area contributed by atoms with Crippen molar-refractivity contribution in [2.75, 3.05) is 18.4 Å². The Bertz CT molecular complexity index is 868. The number of nitrogens with zero attached hydrogens (tertiary/aromatic N) is 1. The first kappa shape index (κ1) is 19.7. The van der Waals surface area contributed by atoms with E-state index in [0.717, 1.165) is 9.87 Å². The number of rotatable bonds is 6. The summed E-state index contributed by atoms with van der Waals surface area (Å²) in [6.07, 6.45) is 0. The van der Waals surface area contributed by atoms with Crippen LogP contribution in [0.2, 0.25) is 10.0 Å². The summed E-state index contributed by atoms with van der Waals surface area (Å²) >= 11 is 11.8. The molecule has 0 aromatic heterocycles. The topological polar surface area (TPSA) is 66.5 Å². The van der Waals surface area contributed by atoms with Crippen molar-refractivity contribution in [1.82, 2.24) is 4.31 Å². The van der Waals surface area contributed by atoms with Crippen LogP contribution < -0.4 is 5.32 Å². The number of halogens is 2. The molecule has 1 N–H and O–H groups in total. The first-order valence-corrected chi connectivity index (χ1v) is 9.76. The predicted octanol–water partition coefficient (Wildman–Crippen LogP) is 3.95. The molecule has 2 aromatic carbocycles. The third-order valence-electron chi connectivity index (χ3n) is 3.67. The molecule has 0 aliphatic carbocycles. The van der Waals surface area contributed by atoms with Crippen LogP contribution in [0.4, 0.5) is 5.69 Å². The van der Waals surface area contributed by atoms with Gasteiger partial charge in [0, 0.05) is 22.3 Å². The van der Waals surface area contributed by atoms with Gasteiger partial charge in [0.05, 0.1) is 11.4 Å². The van der Waals surface area contributed by atoms with E-state index in [4.69, 9.17) is 23.2 Å². The lowest BCUT2D eigenvalue weighted by Gasteiger charge is -2.20. The van der Waals surface area contributed by atoms with Crippen molar-refractivity contribution in [2.24, 2.45) is 0 Å². The predicted molar refractivity (Wildman–Crippen MR) is 101 cm³/mol. The largest absolute Gasteiger partial charge is 0.325 e. The Hall–Kier alpha value is -1.60. The van der Waals surface area contributed by atoms with Gasteiger partial charge in [-0.2, -0.15) is 4.31 Å². The summed E-state index contributed by atoms with van der Waals surface area (Å²) in [6.45, 7) is 3.31. The van der Waals surface area contributed by atoms with E-state index in [1.807, 2.05) is 0 Å². The highest BCUT2D eigenvalue weighted by Crippen LogP contribution is 2.23. The van der Waals surface area contributed by atoms with E-state index in [9.17, 15) is 13.2 Å². The third kappa shape index (κ3) is 4.73. The Morgan fingerprint density at radius 1 is 1.12 bits per heavy atom. The van der Waals surface area contributed by atoms with E-state index in [1.54, 1.807) is 32.0 Å². The second kappa shape index (κ2) is 8.19. The van der Waals surface area contributed by atoms with E-state index >= 15 is 0 Å². The highest BCUT2D eigenvalue weighted by molar-refractivity contribution is 7.89. The van der Waals surface area contributed by atoms with E-state index in [-0.39, 0.29) is 18.0 Å². The first-order chi connectivity index (χ1) is 11.8. The Kier molecular flexibility index (Phi) is 6.46. The second-order valence-corrected chi connectivity index (χ2v) is 8.13. The van der Waals surface area contributed by atoms with Crippen molar-refractivity contribution in [3.8, 4) is 0 Å². The molecular formula is C17H18Cl2N2O3S. The molecule has 1 amide bonds. The van der Waals surface area contributed by atoms with Gasteiger partial charge < -0.3 is 5.32 Å². The average molecular weight is 401 g/mol. The van der Waals surface area contributed by atoms with E-state index in [0.29, 0.717) is 15.7 Å². The molecule has 0 unspecified atom stereocenters. The van der Waals surface area contributed by atoms with Crippen molar-refractivity contribution in [2.45, 2.75) is 18.7 Å². The van der Waals surface area contributed by atoms with E-state index in [2.05, 4.69) is 5.32 Å². The van der Waals surface area contributed by atoms with Crippen LogP contribution in [0.5, 0.6) is 0 Å². The summed E-state index contributed by atoms with van der Waals surface area (Å²) in [5.41, 5.74) is 1.28. The maximum atomic E-state index is 12.7. The normalized spacial score (nSPS) is 11.6. The van der Waals surface area contributed by atoms with Gasteiger partial charge in [-0.15, -0.1) is 0 Å². The van der Waals surface area contributed by atoms with Crippen molar-refractivity contribution in [3.63, 3.8) is 0 Å². The summed E-state index contributed by atoms with van der Waals surface area (Å²) in [5.74, 6) is -0.440. The maximum absolute atomic E-state index is 12.7. The Morgan fingerprint density at radius 3 is 2.36 bits per heavy atom. The summed E-state index contributed by atoms with van der Waals surface area (Å²) in [5, 5.41) is 3.67. The summed E-state index contributed by atoms with van der Waals surface area (Å²) in [4.78, 5) is 12.4. The molecule has 2 aromatic rings. The quantitative estimate of drug-likeness (QED) is 0.797. The average Bonchev–Trinajstić information content (AvgIpc) is 2.57. The van der Waals surface area contributed by atoms with Gasteiger partial charge in [-0.05, 0) is 48.9 Å². The Morgan fingerprint density at radius 2 is 1.76 bits per heavy atom. The number of hydrogen-bond acceptors (Lipinski definition) is 3. The van der Waals surface area contributed by atoms with Gasteiger partial charge in [0.2, 0.25) is 15.9 Å². The maximum Gasteiger partial charge on any atom is 0.243 e. The molecule has 2 rings (SSSR count). The van der Waals surface area contributed by atoms with Crippen LogP contribution in [-0.4, -0.2) is 31.7 Å². The number of sulfonamides is 1. The molecule has 0 bridgehead atoms. The third-order valence-corrected chi connectivity index (χ3v) is 6.26. The lowest BCUT2D eigenvalue weighted by molar-refractivity contribution is -0.116. The van der Waals surface area contributed by atoms with Crippen molar-refractivity contribution in [3.05, 3.63) is 58.1 Å². The minimum absolute atomic E-state index is 0.0884. The van der Waals surface area contributed by atoms with Gasteiger partial charge in [0.15, 0.2) is 0 Å². The van der Waals surface area contributed by atoms with Crippen LogP contribution in [0.15, 0.2) is 47.4 Å². The van der Waals surface area contributed by atoms with Crippen LogP contribution in [0, 0.1) is 6.92 Å². The van der Waals surface area contributed by atoms with E-state index in [1.165, 1.54) is 24.3 Å². The monoisotopic (exact) mass is 400 g/mol. The highest BCUT2D eigenvalue weighted by atomic mass is 35.5.